The van der Waals surface area contributed by atoms with Crippen LogP contribution in [0.5, 0.6) is 0 Å². The minimum Gasteiger partial charge on any atom is -0.0654 e. The van der Waals surface area contributed by atoms with Crippen LogP contribution in [0.4, 0.5) is 0 Å². The molecule has 0 heterocycles. The van der Waals surface area contributed by atoms with Gasteiger partial charge in [-0.15, -0.1) is 0 Å². The van der Waals surface area contributed by atoms with Crippen molar-refractivity contribution in [1.29, 1.82) is 0 Å². The van der Waals surface area contributed by atoms with Gasteiger partial charge in [0, 0.05) is 8.95 Å². The second-order valence-electron chi connectivity index (χ2n) is 5.66. The lowest BCUT2D eigenvalue weighted by Gasteiger charge is -2.11. The molecule has 0 aliphatic heterocycles. The maximum absolute atomic E-state index is 3.76. The zero-order chi connectivity index (χ0) is 14.8. The van der Waals surface area contributed by atoms with Gasteiger partial charge in [0.05, 0.1) is 0 Å². The standard InChI is InChI=1S/C18H28Br2/c1-3-5-7-9-11-15-13-17(19)16(18(20)14-15)12-10-8-6-4-2/h13-14H,3-12H2,1-2H3. The van der Waals surface area contributed by atoms with Gasteiger partial charge in [0.1, 0.15) is 0 Å². The summed E-state index contributed by atoms with van der Waals surface area (Å²) in [4.78, 5) is 0. The number of halogens is 2. The highest BCUT2D eigenvalue weighted by Gasteiger charge is 2.07. The van der Waals surface area contributed by atoms with Crippen LogP contribution in [0, 0.1) is 0 Å². The van der Waals surface area contributed by atoms with Crippen LogP contribution in [-0.2, 0) is 12.8 Å². The lowest BCUT2D eigenvalue weighted by atomic mass is 10.0. The molecule has 0 N–H and O–H groups in total. The van der Waals surface area contributed by atoms with Crippen LogP contribution < -0.4 is 0 Å². The Kier molecular flexibility index (Phi) is 9.88. The summed E-state index contributed by atoms with van der Waals surface area (Å²) in [6, 6.07) is 4.65. The van der Waals surface area contributed by atoms with Crippen molar-refractivity contribution in [3.8, 4) is 0 Å². The Hall–Kier alpha value is 0.180. The van der Waals surface area contributed by atoms with Gasteiger partial charge in [-0.2, -0.15) is 0 Å². The Balaban J connectivity index is 2.52. The fourth-order valence-electron chi connectivity index (χ4n) is 2.52. The van der Waals surface area contributed by atoms with Gasteiger partial charge in [-0.3, -0.25) is 0 Å². The molecular formula is C18H28Br2. The molecule has 0 bridgehead atoms. The Bertz CT molecular complexity index is 362. The minimum atomic E-state index is 1.18. The molecule has 1 rings (SSSR count). The number of benzene rings is 1. The fraction of sp³-hybridized carbons (Fsp3) is 0.667. The zero-order valence-electron chi connectivity index (χ0n) is 13.0. The fourth-order valence-corrected chi connectivity index (χ4v) is 4.20. The molecule has 0 spiro atoms. The summed E-state index contributed by atoms with van der Waals surface area (Å²) in [5.41, 5.74) is 2.90. The first kappa shape index (κ1) is 18.2. The van der Waals surface area contributed by atoms with E-state index in [0.29, 0.717) is 0 Å². The lowest BCUT2D eigenvalue weighted by Crippen LogP contribution is -1.94. The summed E-state index contributed by atoms with van der Waals surface area (Å²) in [5, 5.41) is 0. The SMILES string of the molecule is CCCCCCc1cc(Br)c(CCCCCC)c(Br)c1. The average molecular weight is 404 g/mol. The lowest BCUT2D eigenvalue weighted by molar-refractivity contribution is 0.662. The van der Waals surface area contributed by atoms with Crippen LogP contribution in [0.2, 0.25) is 0 Å². The molecule has 0 aromatic heterocycles. The topological polar surface area (TPSA) is 0 Å². The highest BCUT2D eigenvalue weighted by molar-refractivity contribution is 9.11. The minimum absolute atomic E-state index is 1.18. The molecule has 1 aromatic carbocycles. The molecule has 0 saturated heterocycles. The molecule has 0 nitrogen and oxygen atoms in total. The first-order valence-corrected chi connectivity index (χ1v) is 9.74. The predicted octanol–water partition coefficient (Wildman–Crippen LogP) is 7.46. The van der Waals surface area contributed by atoms with Gasteiger partial charge >= 0.3 is 0 Å². The summed E-state index contributed by atoms with van der Waals surface area (Å²) >= 11 is 7.52. The van der Waals surface area contributed by atoms with Crippen LogP contribution >= 0.6 is 31.9 Å². The molecule has 0 saturated carbocycles. The third-order valence-corrected chi connectivity index (χ3v) is 5.22. The Morgan fingerprint density at radius 3 is 1.70 bits per heavy atom. The Morgan fingerprint density at radius 1 is 0.700 bits per heavy atom. The van der Waals surface area contributed by atoms with E-state index in [1.807, 2.05) is 0 Å². The van der Waals surface area contributed by atoms with Crippen LogP contribution in [0.15, 0.2) is 21.1 Å². The molecule has 0 fully saturated rings. The molecule has 1 aromatic rings. The third-order valence-electron chi connectivity index (χ3n) is 3.80. The normalized spacial score (nSPS) is 11.0. The van der Waals surface area contributed by atoms with E-state index in [0.717, 1.165) is 0 Å². The monoisotopic (exact) mass is 402 g/mol. The number of hydrogen-bond donors (Lipinski definition) is 0. The largest absolute Gasteiger partial charge is 0.0654 e. The molecule has 0 aliphatic rings. The predicted molar refractivity (Wildman–Crippen MR) is 97.5 cm³/mol. The van der Waals surface area contributed by atoms with Gasteiger partial charge in [0.2, 0.25) is 0 Å². The van der Waals surface area contributed by atoms with Crippen molar-refractivity contribution in [1.82, 2.24) is 0 Å². The third kappa shape index (κ3) is 6.76. The van der Waals surface area contributed by atoms with Crippen molar-refractivity contribution < 1.29 is 0 Å². The van der Waals surface area contributed by atoms with Crippen LogP contribution in [0.25, 0.3) is 0 Å². The van der Waals surface area contributed by atoms with E-state index in [1.165, 1.54) is 84.3 Å². The number of rotatable bonds is 10. The number of hydrogen-bond acceptors (Lipinski definition) is 0. The molecule has 20 heavy (non-hydrogen) atoms. The van der Waals surface area contributed by atoms with Crippen molar-refractivity contribution in [2.24, 2.45) is 0 Å². The Labute approximate surface area is 142 Å². The Morgan fingerprint density at radius 2 is 1.20 bits per heavy atom. The van der Waals surface area contributed by atoms with E-state index in [4.69, 9.17) is 0 Å². The van der Waals surface area contributed by atoms with E-state index in [1.54, 1.807) is 0 Å². The van der Waals surface area contributed by atoms with Crippen molar-refractivity contribution in [2.45, 2.75) is 78.1 Å². The quantitative estimate of drug-likeness (QED) is 0.355. The highest BCUT2D eigenvalue weighted by atomic mass is 79.9. The summed E-state index contributed by atoms with van der Waals surface area (Å²) in [7, 11) is 0. The average Bonchev–Trinajstić information content (AvgIpc) is 2.42. The van der Waals surface area contributed by atoms with Crippen LogP contribution in [0.3, 0.4) is 0 Å². The van der Waals surface area contributed by atoms with Crippen molar-refractivity contribution in [3.05, 3.63) is 32.2 Å². The van der Waals surface area contributed by atoms with E-state index in [2.05, 4.69) is 57.8 Å². The highest BCUT2D eigenvalue weighted by Crippen LogP contribution is 2.29. The van der Waals surface area contributed by atoms with Gasteiger partial charge in [0.25, 0.3) is 0 Å². The second-order valence-corrected chi connectivity index (χ2v) is 7.37. The van der Waals surface area contributed by atoms with Crippen molar-refractivity contribution in [2.75, 3.05) is 0 Å². The van der Waals surface area contributed by atoms with Crippen LogP contribution in [-0.4, -0.2) is 0 Å². The van der Waals surface area contributed by atoms with Gasteiger partial charge in [0.15, 0.2) is 0 Å². The molecule has 0 unspecified atom stereocenters. The van der Waals surface area contributed by atoms with E-state index in [9.17, 15) is 0 Å². The molecule has 114 valence electrons. The maximum Gasteiger partial charge on any atom is 0.0221 e. The van der Waals surface area contributed by atoms with Gasteiger partial charge in [-0.25, -0.2) is 0 Å². The zero-order valence-corrected chi connectivity index (χ0v) is 16.2. The van der Waals surface area contributed by atoms with Gasteiger partial charge < -0.3 is 0 Å². The molecule has 2 heteroatoms. The van der Waals surface area contributed by atoms with Crippen LogP contribution in [0.1, 0.15) is 76.3 Å². The first-order valence-electron chi connectivity index (χ1n) is 8.15. The van der Waals surface area contributed by atoms with Crippen molar-refractivity contribution >= 4 is 31.9 Å². The van der Waals surface area contributed by atoms with E-state index in [-0.39, 0.29) is 0 Å². The summed E-state index contributed by atoms with van der Waals surface area (Å²) in [6.07, 6.45) is 13.0. The summed E-state index contributed by atoms with van der Waals surface area (Å²) in [6.45, 7) is 4.53. The molecule has 0 radical (unpaired) electrons. The van der Waals surface area contributed by atoms with Gasteiger partial charge in [-0.05, 0) is 48.9 Å². The maximum atomic E-state index is 3.76. The van der Waals surface area contributed by atoms with E-state index < -0.39 is 0 Å². The second kappa shape index (κ2) is 10.8. The first-order chi connectivity index (χ1) is 9.69. The number of unbranched alkanes of at least 4 members (excludes halogenated alkanes) is 6. The molecule has 0 aliphatic carbocycles. The molecular weight excluding hydrogens is 376 g/mol. The van der Waals surface area contributed by atoms with Gasteiger partial charge in [-0.1, -0.05) is 84.2 Å². The molecule has 0 atom stereocenters. The van der Waals surface area contributed by atoms with Crippen molar-refractivity contribution in [3.63, 3.8) is 0 Å². The summed E-state index contributed by atoms with van der Waals surface area (Å²) < 4.78 is 2.57. The summed E-state index contributed by atoms with van der Waals surface area (Å²) in [5.74, 6) is 0. The molecule has 0 amide bonds. The van der Waals surface area contributed by atoms with E-state index >= 15 is 0 Å². The smallest absolute Gasteiger partial charge is 0.0221 e. The number of aryl methyl sites for hydroxylation is 1.